The Morgan fingerprint density at radius 3 is 2.68 bits per heavy atom. The van der Waals surface area contributed by atoms with Gasteiger partial charge in [-0.25, -0.2) is 4.98 Å². The van der Waals surface area contributed by atoms with Gasteiger partial charge in [0.05, 0.1) is 0 Å². The number of pyridine rings is 1. The molecule has 2 saturated carbocycles. The maximum atomic E-state index is 5.10. The molecule has 3 unspecified atom stereocenters. The maximum absolute atomic E-state index is 5.10. The fourth-order valence-corrected chi connectivity index (χ4v) is 6.86. The molecular formula is C27H37BN6. The summed E-state index contributed by atoms with van der Waals surface area (Å²) < 4.78 is 1.95. The van der Waals surface area contributed by atoms with Crippen molar-refractivity contribution >= 4 is 24.8 Å². The maximum Gasteiger partial charge on any atom is 0.151 e. The van der Waals surface area contributed by atoms with Crippen molar-refractivity contribution in [1.82, 2.24) is 24.5 Å². The van der Waals surface area contributed by atoms with Crippen molar-refractivity contribution < 1.29 is 0 Å². The second-order valence-electron chi connectivity index (χ2n) is 10.9. The molecule has 0 radical (unpaired) electrons. The molecule has 3 aromatic heterocycles. The van der Waals surface area contributed by atoms with Crippen LogP contribution >= 0.6 is 0 Å². The fraction of sp³-hybridized carbons (Fsp3) is 0.593. The van der Waals surface area contributed by atoms with Gasteiger partial charge in [-0.3, -0.25) is 4.98 Å². The number of hydrogen-bond donors (Lipinski definition) is 1. The number of nitrogens with one attached hydrogen (secondary N) is 1. The number of hydrogen-bond acceptors (Lipinski definition) is 5. The van der Waals surface area contributed by atoms with Crippen molar-refractivity contribution in [3.05, 3.63) is 48.0 Å². The Hall–Kier alpha value is -2.41. The summed E-state index contributed by atoms with van der Waals surface area (Å²) in [6, 6.07) is 7.15. The monoisotopic (exact) mass is 456 g/mol. The van der Waals surface area contributed by atoms with E-state index in [0.29, 0.717) is 5.92 Å². The molecule has 34 heavy (non-hydrogen) atoms. The summed E-state index contributed by atoms with van der Waals surface area (Å²) in [7, 11) is 2.11. The van der Waals surface area contributed by atoms with Crippen LogP contribution in [0.4, 0.5) is 5.82 Å². The second kappa shape index (κ2) is 9.69. The van der Waals surface area contributed by atoms with Crippen LogP contribution in [-0.2, 0) is 6.54 Å². The first-order valence-corrected chi connectivity index (χ1v) is 13.5. The molecule has 2 aliphatic carbocycles. The normalized spacial score (nSPS) is 26.4. The van der Waals surface area contributed by atoms with Gasteiger partial charge in [-0.1, -0.05) is 31.7 Å². The zero-order valence-electron chi connectivity index (χ0n) is 20.5. The molecule has 3 aliphatic rings. The minimum Gasteiger partial charge on any atom is -0.366 e. The van der Waals surface area contributed by atoms with Gasteiger partial charge in [-0.15, -0.1) is 0 Å². The van der Waals surface area contributed by atoms with E-state index in [9.17, 15) is 0 Å². The van der Waals surface area contributed by atoms with Gasteiger partial charge in [0.1, 0.15) is 13.7 Å². The number of rotatable bonds is 5. The highest BCUT2D eigenvalue weighted by Gasteiger charge is 2.36. The molecule has 0 amide bonds. The predicted octanol–water partition coefficient (Wildman–Crippen LogP) is 3.53. The molecule has 0 aromatic carbocycles. The van der Waals surface area contributed by atoms with Crippen molar-refractivity contribution in [2.24, 2.45) is 11.8 Å². The molecule has 0 bridgehead atoms. The summed E-state index contributed by atoms with van der Waals surface area (Å²) in [4.78, 5) is 12.2. The summed E-state index contributed by atoms with van der Waals surface area (Å²) in [6.07, 6.45) is 18.4. The Morgan fingerprint density at radius 2 is 1.85 bits per heavy atom. The SMILES string of the molecule is Bc1cnn2c(NCc3cccnc3)cc(C3CCN(C4CCC5CCCCC5C4)CC3)nc12. The zero-order chi connectivity index (χ0) is 22.9. The highest BCUT2D eigenvalue weighted by atomic mass is 15.3. The van der Waals surface area contributed by atoms with Crippen LogP contribution in [0.15, 0.2) is 36.8 Å². The van der Waals surface area contributed by atoms with Crippen LogP contribution in [0.5, 0.6) is 0 Å². The van der Waals surface area contributed by atoms with Gasteiger partial charge in [-0.2, -0.15) is 9.61 Å². The molecule has 4 heterocycles. The van der Waals surface area contributed by atoms with Gasteiger partial charge in [0.2, 0.25) is 0 Å². The van der Waals surface area contributed by atoms with E-state index in [2.05, 4.69) is 40.3 Å². The van der Waals surface area contributed by atoms with Crippen LogP contribution in [0.3, 0.4) is 0 Å². The fourth-order valence-electron chi connectivity index (χ4n) is 6.86. The van der Waals surface area contributed by atoms with E-state index in [4.69, 9.17) is 4.98 Å². The highest BCUT2D eigenvalue weighted by molar-refractivity contribution is 6.36. The lowest BCUT2D eigenvalue weighted by atomic mass is 9.69. The quantitative estimate of drug-likeness (QED) is 0.596. The molecule has 3 aromatic rings. The van der Waals surface area contributed by atoms with Gasteiger partial charge in [0.25, 0.3) is 0 Å². The Balaban J connectivity index is 1.14. The molecule has 1 aliphatic heterocycles. The number of nitrogens with zero attached hydrogens (tertiary/aromatic N) is 5. The smallest absolute Gasteiger partial charge is 0.151 e. The third-order valence-corrected chi connectivity index (χ3v) is 8.84. The molecule has 6 nitrogen and oxygen atoms in total. The van der Waals surface area contributed by atoms with Gasteiger partial charge < -0.3 is 10.2 Å². The number of likely N-dealkylation sites (tertiary alicyclic amines) is 1. The van der Waals surface area contributed by atoms with Gasteiger partial charge in [-0.05, 0) is 74.1 Å². The van der Waals surface area contributed by atoms with Crippen LogP contribution in [0.1, 0.15) is 75.0 Å². The second-order valence-corrected chi connectivity index (χ2v) is 10.9. The summed E-state index contributed by atoms with van der Waals surface area (Å²) in [5, 5.41) is 8.18. The van der Waals surface area contributed by atoms with Crippen LogP contribution in [0.25, 0.3) is 5.65 Å². The molecule has 3 fully saturated rings. The van der Waals surface area contributed by atoms with Gasteiger partial charge in [0.15, 0.2) is 5.65 Å². The standard InChI is InChI=1S/C27H37BN6/c28-24-18-31-34-26(30-17-19-4-3-11-29-16-19)15-25(32-27(24)34)21-9-12-33(13-10-21)23-8-7-20-5-1-2-6-22(20)14-23/h3-4,11,15-16,18,20-23,30H,1-2,5-10,12-14,17,28H2. The minimum absolute atomic E-state index is 0.528. The third kappa shape index (κ3) is 4.47. The molecule has 7 heteroatoms. The number of anilines is 1. The predicted molar refractivity (Wildman–Crippen MR) is 139 cm³/mol. The molecule has 3 atom stereocenters. The van der Waals surface area contributed by atoms with E-state index in [0.717, 1.165) is 41.4 Å². The summed E-state index contributed by atoms with van der Waals surface area (Å²) in [5.74, 6) is 3.60. The Labute approximate surface area is 204 Å². The number of aromatic nitrogens is 4. The topological polar surface area (TPSA) is 58.4 Å². The average molecular weight is 456 g/mol. The highest BCUT2D eigenvalue weighted by Crippen LogP contribution is 2.42. The lowest BCUT2D eigenvalue weighted by Gasteiger charge is -2.45. The molecule has 1 N–H and O–H groups in total. The Bertz CT molecular complexity index is 1110. The van der Waals surface area contributed by atoms with Crippen molar-refractivity contribution in [2.75, 3.05) is 18.4 Å². The average Bonchev–Trinajstić information content (AvgIpc) is 3.28. The van der Waals surface area contributed by atoms with E-state index in [1.807, 2.05) is 29.2 Å². The van der Waals surface area contributed by atoms with E-state index < -0.39 is 0 Å². The largest absolute Gasteiger partial charge is 0.366 e. The van der Waals surface area contributed by atoms with E-state index in [-0.39, 0.29) is 0 Å². The van der Waals surface area contributed by atoms with Gasteiger partial charge in [0, 0.05) is 48.9 Å². The summed E-state index contributed by atoms with van der Waals surface area (Å²) >= 11 is 0. The molecule has 6 rings (SSSR count). The van der Waals surface area contributed by atoms with E-state index in [1.165, 1.54) is 82.1 Å². The first kappa shape index (κ1) is 22.1. The summed E-state index contributed by atoms with van der Waals surface area (Å²) in [6.45, 7) is 3.17. The first-order chi connectivity index (χ1) is 16.7. The molecular weight excluding hydrogens is 419 g/mol. The minimum atomic E-state index is 0.528. The van der Waals surface area contributed by atoms with Crippen molar-refractivity contribution in [3.63, 3.8) is 0 Å². The lowest BCUT2D eigenvalue weighted by Crippen LogP contribution is -2.45. The van der Waals surface area contributed by atoms with Crippen molar-refractivity contribution in [1.29, 1.82) is 0 Å². The van der Waals surface area contributed by atoms with E-state index >= 15 is 0 Å². The zero-order valence-corrected chi connectivity index (χ0v) is 20.5. The van der Waals surface area contributed by atoms with Crippen LogP contribution in [-0.4, -0.2) is 51.5 Å². The van der Waals surface area contributed by atoms with Crippen LogP contribution in [0.2, 0.25) is 0 Å². The lowest BCUT2D eigenvalue weighted by molar-refractivity contribution is 0.0587. The molecule has 178 valence electrons. The van der Waals surface area contributed by atoms with Gasteiger partial charge >= 0.3 is 0 Å². The van der Waals surface area contributed by atoms with Crippen LogP contribution in [0, 0.1) is 11.8 Å². The summed E-state index contributed by atoms with van der Waals surface area (Å²) in [5.41, 5.74) is 4.50. The van der Waals surface area contributed by atoms with Crippen molar-refractivity contribution in [2.45, 2.75) is 76.3 Å². The van der Waals surface area contributed by atoms with Crippen molar-refractivity contribution in [3.8, 4) is 0 Å². The Kier molecular flexibility index (Phi) is 6.29. The van der Waals surface area contributed by atoms with Crippen LogP contribution < -0.4 is 10.8 Å². The Morgan fingerprint density at radius 1 is 1.00 bits per heavy atom. The van der Waals surface area contributed by atoms with E-state index in [1.54, 1.807) is 0 Å². The first-order valence-electron chi connectivity index (χ1n) is 13.5. The molecule has 1 saturated heterocycles. The number of fused-ring (bicyclic) bond motifs is 2. The third-order valence-electron chi connectivity index (χ3n) is 8.84. The molecule has 0 spiro atoms. The number of piperidine rings is 1.